The number of cyclic esters (lactones) is 1. The molecule has 162 valence electrons. The van der Waals surface area contributed by atoms with Crippen molar-refractivity contribution in [2.24, 2.45) is 29.6 Å². The van der Waals surface area contributed by atoms with Gasteiger partial charge in [-0.2, -0.15) is 0 Å². The minimum absolute atomic E-state index is 0.0854. The van der Waals surface area contributed by atoms with Gasteiger partial charge in [-0.3, -0.25) is 9.59 Å². The van der Waals surface area contributed by atoms with Crippen LogP contribution in [0.15, 0.2) is 23.8 Å². The van der Waals surface area contributed by atoms with Crippen molar-refractivity contribution >= 4 is 11.9 Å². The fraction of sp³-hybridized carbons (Fsp3) is 0.750. The number of aliphatic hydroxyl groups is 1. The summed E-state index contributed by atoms with van der Waals surface area (Å²) >= 11 is 0. The van der Waals surface area contributed by atoms with Gasteiger partial charge in [0.15, 0.2) is 0 Å². The molecule has 0 amide bonds. The van der Waals surface area contributed by atoms with Crippen molar-refractivity contribution in [1.82, 2.24) is 0 Å². The number of ether oxygens (including phenoxy) is 2. The maximum Gasteiger partial charge on any atom is 0.308 e. The van der Waals surface area contributed by atoms with E-state index in [2.05, 4.69) is 32.1 Å². The number of carbonyl (C=O) groups excluding carboxylic acids is 2. The Hall–Kier alpha value is -1.62. The second-order valence-electron chi connectivity index (χ2n) is 9.36. The molecule has 1 heterocycles. The predicted octanol–water partition coefficient (Wildman–Crippen LogP) is 4.20. The van der Waals surface area contributed by atoms with Gasteiger partial charge in [-0.15, -0.1) is 0 Å². The Morgan fingerprint density at radius 2 is 2.07 bits per heavy atom. The molecule has 29 heavy (non-hydrogen) atoms. The van der Waals surface area contributed by atoms with E-state index in [0.29, 0.717) is 24.2 Å². The molecule has 8 atom stereocenters. The van der Waals surface area contributed by atoms with E-state index in [-0.39, 0.29) is 42.4 Å². The summed E-state index contributed by atoms with van der Waals surface area (Å²) in [4.78, 5) is 24.2. The lowest BCUT2D eigenvalue weighted by Gasteiger charge is -2.43. The number of aliphatic hydroxyl groups excluding tert-OH is 1. The molecule has 1 fully saturated rings. The smallest absolute Gasteiger partial charge is 0.308 e. The van der Waals surface area contributed by atoms with Crippen molar-refractivity contribution in [3.8, 4) is 0 Å². The molecular formula is C24H36O5. The normalized spacial score (nSPS) is 37.9. The van der Waals surface area contributed by atoms with E-state index in [1.165, 1.54) is 5.57 Å². The first-order valence-corrected chi connectivity index (χ1v) is 11.3. The molecule has 5 heteroatoms. The van der Waals surface area contributed by atoms with Crippen LogP contribution < -0.4 is 0 Å². The van der Waals surface area contributed by atoms with Gasteiger partial charge >= 0.3 is 11.9 Å². The van der Waals surface area contributed by atoms with Gasteiger partial charge in [-0.25, -0.2) is 0 Å². The second-order valence-corrected chi connectivity index (χ2v) is 9.36. The van der Waals surface area contributed by atoms with Crippen molar-refractivity contribution < 1.29 is 24.2 Å². The van der Waals surface area contributed by atoms with E-state index in [9.17, 15) is 14.7 Å². The highest BCUT2D eigenvalue weighted by Gasteiger charge is 2.42. The van der Waals surface area contributed by atoms with Crippen LogP contribution >= 0.6 is 0 Å². The summed E-state index contributed by atoms with van der Waals surface area (Å²) in [5.74, 6) is 0.755. The highest BCUT2D eigenvalue weighted by atomic mass is 16.5. The van der Waals surface area contributed by atoms with Crippen LogP contribution in [-0.2, 0) is 19.1 Å². The van der Waals surface area contributed by atoms with Gasteiger partial charge in [-0.05, 0) is 49.0 Å². The van der Waals surface area contributed by atoms with Crippen LogP contribution in [0.25, 0.3) is 0 Å². The van der Waals surface area contributed by atoms with Crippen molar-refractivity contribution in [2.75, 3.05) is 0 Å². The van der Waals surface area contributed by atoms with Crippen LogP contribution in [0, 0.1) is 29.6 Å². The van der Waals surface area contributed by atoms with Crippen LogP contribution in [0.3, 0.4) is 0 Å². The molecule has 0 aromatic rings. The fourth-order valence-electron chi connectivity index (χ4n) is 5.07. The summed E-state index contributed by atoms with van der Waals surface area (Å²) < 4.78 is 11.5. The highest BCUT2D eigenvalue weighted by Crippen LogP contribution is 2.45. The number of allylic oxidation sites excluding steroid dienone is 3. The molecule has 0 bridgehead atoms. The zero-order valence-electron chi connectivity index (χ0n) is 18.2. The third kappa shape index (κ3) is 5.30. The zero-order chi connectivity index (χ0) is 21.1. The summed E-state index contributed by atoms with van der Waals surface area (Å²) in [7, 11) is 0. The van der Waals surface area contributed by atoms with Gasteiger partial charge in [-0.1, -0.05) is 45.9 Å². The predicted molar refractivity (Wildman–Crippen MR) is 111 cm³/mol. The quantitative estimate of drug-likeness (QED) is 0.672. The van der Waals surface area contributed by atoms with E-state index >= 15 is 0 Å². The Labute approximate surface area is 174 Å². The molecule has 0 aromatic carbocycles. The van der Waals surface area contributed by atoms with E-state index in [1.54, 1.807) is 0 Å². The number of fused-ring (bicyclic) bond motifs is 1. The van der Waals surface area contributed by atoms with Crippen molar-refractivity contribution in [3.05, 3.63) is 23.8 Å². The monoisotopic (exact) mass is 404 g/mol. The molecule has 1 unspecified atom stereocenters. The minimum Gasteiger partial charge on any atom is -0.462 e. The topological polar surface area (TPSA) is 72.8 Å². The van der Waals surface area contributed by atoms with Crippen molar-refractivity contribution in [1.29, 1.82) is 0 Å². The summed E-state index contributed by atoms with van der Waals surface area (Å²) in [5.41, 5.74) is 1.27. The second kappa shape index (κ2) is 9.46. The highest BCUT2D eigenvalue weighted by molar-refractivity contribution is 5.72. The fourth-order valence-corrected chi connectivity index (χ4v) is 5.07. The Bertz CT molecular complexity index is 666. The molecule has 2 aliphatic carbocycles. The lowest BCUT2D eigenvalue weighted by atomic mass is 9.65. The number of carbonyl (C=O) groups is 2. The average Bonchev–Trinajstić information content (AvgIpc) is 2.65. The van der Waals surface area contributed by atoms with Gasteiger partial charge in [0.25, 0.3) is 0 Å². The average molecular weight is 405 g/mol. The Kier molecular flexibility index (Phi) is 7.20. The van der Waals surface area contributed by atoms with E-state index < -0.39 is 6.10 Å². The first-order chi connectivity index (χ1) is 13.8. The molecular weight excluding hydrogens is 368 g/mol. The summed E-state index contributed by atoms with van der Waals surface area (Å²) in [6, 6.07) is 0. The molecule has 0 spiro atoms. The van der Waals surface area contributed by atoms with Crippen LogP contribution in [0.5, 0.6) is 0 Å². The lowest BCUT2D eigenvalue weighted by molar-refractivity contribution is -0.162. The van der Waals surface area contributed by atoms with Crippen LogP contribution in [0.4, 0.5) is 0 Å². The first kappa shape index (κ1) is 22.1. The number of rotatable bonds is 6. The SMILES string of the molecule is CC[C@@H](C)C(=O)O[C@@H]1C[C@H](C)C=C2C=C[C@@H](C)[C@@H](CCC3C[C@@H](O)CC(=O)O3)[C@@H]21. The Morgan fingerprint density at radius 3 is 2.76 bits per heavy atom. The molecule has 3 rings (SSSR count). The van der Waals surface area contributed by atoms with Crippen LogP contribution in [0.1, 0.15) is 66.2 Å². The van der Waals surface area contributed by atoms with Gasteiger partial charge in [0.05, 0.1) is 18.4 Å². The maximum absolute atomic E-state index is 12.5. The van der Waals surface area contributed by atoms with Gasteiger partial charge in [0.1, 0.15) is 12.2 Å². The standard InChI is InChI=1S/C24H36O5/c1-5-15(3)24(27)29-21-11-14(2)10-17-7-6-16(4)20(23(17)21)9-8-19-12-18(25)13-22(26)28-19/h6-7,10,14-16,18-21,23,25H,5,8-9,11-13H2,1-4H3/t14-,15-,16-,18-,19?,20-,21-,23-/m1/s1. The Balaban J connectivity index is 1.74. The lowest BCUT2D eigenvalue weighted by Crippen LogP contribution is -2.42. The molecule has 1 aliphatic heterocycles. The number of esters is 2. The summed E-state index contributed by atoms with van der Waals surface area (Å²) in [6.45, 7) is 8.33. The maximum atomic E-state index is 12.5. The van der Waals surface area contributed by atoms with Gasteiger partial charge < -0.3 is 14.6 Å². The minimum atomic E-state index is -0.597. The van der Waals surface area contributed by atoms with Crippen LogP contribution in [0.2, 0.25) is 0 Å². The van der Waals surface area contributed by atoms with Gasteiger partial charge in [0.2, 0.25) is 0 Å². The Morgan fingerprint density at radius 1 is 1.31 bits per heavy atom. The van der Waals surface area contributed by atoms with Gasteiger partial charge in [0, 0.05) is 12.3 Å². The molecule has 0 aromatic heterocycles. The summed E-state index contributed by atoms with van der Waals surface area (Å²) in [5, 5.41) is 9.89. The van der Waals surface area contributed by atoms with Crippen molar-refractivity contribution in [3.63, 3.8) is 0 Å². The molecule has 3 aliphatic rings. The largest absolute Gasteiger partial charge is 0.462 e. The number of hydrogen-bond acceptors (Lipinski definition) is 5. The zero-order valence-corrected chi connectivity index (χ0v) is 18.2. The summed E-state index contributed by atoms with van der Waals surface area (Å²) in [6.07, 6.45) is 9.70. The molecule has 0 saturated carbocycles. The first-order valence-electron chi connectivity index (χ1n) is 11.3. The van der Waals surface area contributed by atoms with E-state index in [0.717, 1.165) is 25.7 Å². The molecule has 0 radical (unpaired) electrons. The van der Waals surface area contributed by atoms with Crippen molar-refractivity contribution in [2.45, 2.75) is 84.5 Å². The third-order valence-electron chi connectivity index (χ3n) is 6.93. The molecule has 1 saturated heterocycles. The number of hydrogen-bond donors (Lipinski definition) is 1. The van der Waals surface area contributed by atoms with E-state index in [4.69, 9.17) is 9.47 Å². The third-order valence-corrected chi connectivity index (χ3v) is 6.93. The molecule has 1 N–H and O–H groups in total. The van der Waals surface area contributed by atoms with E-state index in [1.807, 2.05) is 13.8 Å². The van der Waals surface area contributed by atoms with Crippen LogP contribution in [-0.4, -0.2) is 35.4 Å². The molecule has 5 nitrogen and oxygen atoms in total.